The van der Waals surface area contributed by atoms with E-state index in [2.05, 4.69) is 5.32 Å². The average molecular weight is 340 g/mol. The molecule has 1 aromatic carbocycles. The molecule has 25 heavy (non-hydrogen) atoms. The maximum atomic E-state index is 12.4. The summed E-state index contributed by atoms with van der Waals surface area (Å²) in [6, 6.07) is 6.18. The lowest BCUT2D eigenvalue weighted by Gasteiger charge is -2.12. The van der Waals surface area contributed by atoms with Crippen molar-refractivity contribution in [2.24, 2.45) is 0 Å². The van der Waals surface area contributed by atoms with Crippen molar-refractivity contribution < 1.29 is 28.4 Å². The van der Waals surface area contributed by atoms with Crippen LogP contribution in [-0.2, 0) is 16.1 Å². The lowest BCUT2D eigenvalue weighted by Crippen LogP contribution is -2.32. The van der Waals surface area contributed by atoms with E-state index >= 15 is 0 Å². The van der Waals surface area contributed by atoms with Gasteiger partial charge in [-0.2, -0.15) is 0 Å². The molecule has 8 heteroatoms. The second-order valence-corrected chi connectivity index (χ2v) is 5.68. The van der Waals surface area contributed by atoms with E-state index in [9.17, 15) is 19.2 Å². The summed E-state index contributed by atoms with van der Waals surface area (Å²) in [4.78, 5) is 53.6. The van der Waals surface area contributed by atoms with Crippen LogP contribution >= 0.6 is 0 Å². The van der Waals surface area contributed by atoms with Crippen LogP contribution in [0.5, 0.6) is 0 Å². The van der Waals surface area contributed by atoms with Crippen LogP contribution in [0.3, 0.4) is 0 Å². The normalized spacial score (nSPS) is 16.2. The largest absolute Gasteiger partial charge is 0.466 e. The van der Waals surface area contributed by atoms with Crippen LogP contribution in [0, 0.1) is 0 Å². The molecule has 0 atom stereocenters. The minimum absolute atomic E-state index is 0.0400. The van der Waals surface area contributed by atoms with Crippen molar-refractivity contribution >= 4 is 29.4 Å². The first-order valence-corrected chi connectivity index (χ1v) is 7.66. The summed E-state index contributed by atoms with van der Waals surface area (Å²) in [7, 11) is 0. The van der Waals surface area contributed by atoms with E-state index < -0.39 is 17.8 Å². The molecule has 1 N–H and O–H groups in total. The number of amides is 3. The number of nitrogens with one attached hydrogen (secondary N) is 1. The number of hydroxylamine groups is 2. The number of carbonyl (C=O) groups excluding carboxylic acids is 4. The summed E-state index contributed by atoms with van der Waals surface area (Å²) in [6.07, 6.45) is 2.56. The van der Waals surface area contributed by atoms with Gasteiger partial charge in [-0.25, -0.2) is 4.79 Å². The predicted molar refractivity (Wildman–Crippen MR) is 82.6 cm³/mol. The van der Waals surface area contributed by atoms with Crippen LogP contribution in [0.2, 0.25) is 0 Å². The first kappa shape index (κ1) is 15.1. The number of benzene rings is 1. The fraction of sp³-hybridized carbons (Fsp3) is 0.176. The Morgan fingerprint density at radius 1 is 1.08 bits per heavy atom. The summed E-state index contributed by atoms with van der Waals surface area (Å²) in [5.74, 6) is -2.17. The number of furan rings is 1. The summed E-state index contributed by atoms with van der Waals surface area (Å²) in [6.45, 7) is 0. The minimum atomic E-state index is -0.957. The molecule has 0 spiro atoms. The van der Waals surface area contributed by atoms with Gasteiger partial charge in [0.25, 0.3) is 11.8 Å². The van der Waals surface area contributed by atoms with Crippen molar-refractivity contribution in [3.05, 3.63) is 53.0 Å². The Balaban J connectivity index is 1.60. The molecule has 3 amide bonds. The zero-order chi connectivity index (χ0) is 17.6. The zero-order valence-corrected chi connectivity index (χ0v) is 12.9. The Kier molecular flexibility index (Phi) is 3.38. The summed E-state index contributed by atoms with van der Waals surface area (Å²) in [5.41, 5.74) is 0.519. The molecule has 0 aliphatic carbocycles. The van der Waals surface area contributed by atoms with Crippen LogP contribution in [0.25, 0.3) is 0 Å². The molecule has 4 rings (SSSR count). The summed E-state index contributed by atoms with van der Waals surface area (Å²) < 4.78 is 5.31. The second-order valence-electron chi connectivity index (χ2n) is 5.68. The fourth-order valence-electron chi connectivity index (χ4n) is 2.86. The molecule has 3 heterocycles. The third kappa shape index (κ3) is 2.38. The van der Waals surface area contributed by atoms with E-state index in [0.29, 0.717) is 30.1 Å². The molecule has 2 aliphatic rings. The van der Waals surface area contributed by atoms with E-state index in [-0.39, 0.29) is 28.3 Å². The van der Waals surface area contributed by atoms with Gasteiger partial charge in [-0.05, 0) is 18.6 Å². The van der Waals surface area contributed by atoms with Crippen molar-refractivity contribution in [2.75, 3.05) is 5.32 Å². The highest BCUT2D eigenvalue weighted by molar-refractivity contribution is 6.21. The molecule has 0 unspecified atom stereocenters. The quantitative estimate of drug-likeness (QED) is 0.837. The summed E-state index contributed by atoms with van der Waals surface area (Å²) in [5, 5.41) is 3.02. The number of nitrogens with zero attached hydrogens (tertiary/aromatic N) is 1. The molecule has 0 saturated carbocycles. The fourth-order valence-corrected chi connectivity index (χ4v) is 2.86. The van der Waals surface area contributed by atoms with E-state index in [1.165, 1.54) is 12.1 Å². The first-order chi connectivity index (χ1) is 12.1. The highest BCUT2D eigenvalue weighted by Gasteiger charge is 2.39. The van der Waals surface area contributed by atoms with Crippen molar-refractivity contribution in [2.45, 2.75) is 19.3 Å². The molecular weight excluding hydrogens is 328 g/mol. The van der Waals surface area contributed by atoms with Gasteiger partial charge in [-0.3, -0.25) is 14.4 Å². The number of aryl methyl sites for hydroxylation is 1. The zero-order valence-electron chi connectivity index (χ0n) is 12.9. The third-order valence-electron chi connectivity index (χ3n) is 4.09. The Morgan fingerprint density at radius 2 is 1.76 bits per heavy atom. The van der Waals surface area contributed by atoms with Gasteiger partial charge in [0.2, 0.25) is 5.91 Å². The van der Waals surface area contributed by atoms with Gasteiger partial charge in [0.15, 0.2) is 0 Å². The van der Waals surface area contributed by atoms with Crippen molar-refractivity contribution in [3.8, 4) is 0 Å². The number of hydrogen-bond donors (Lipinski definition) is 1. The number of rotatable bonds is 2. The third-order valence-corrected chi connectivity index (χ3v) is 4.09. The van der Waals surface area contributed by atoms with E-state index in [4.69, 9.17) is 9.25 Å². The van der Waals surface area contributed by atoms with Gasteiger partial charge in [0.1, 0.15) is 17.6 Å². The highest BCUT2D eigenvalue weighted by atomic mass is 16.7. The van der Waals surface area contributed by atoms with Gasteiger partial charge in [-0.1, -0.05) is 17.2 Å². The molecule has 2 aliphatic heterocycles. The summed E-state index contributed by atoms with van der Waals surface area (Å²) >= 11 is 0. The molecule has 0 radical (unpaired) electrons. The molecule has 0 bridgehead atoms. The lowest BCUT2D eigenvalue weighted by atomic mass is 10.1. The van der Waals surface area contributed by atoms with E-state index in [1.807, 2.05) is 0 Å². The number of hydrogen-bond acceptors (Lipinski definition) is 6. The van der Waals surface area contributed by atoms with Gasteiger partial charge >= 0.3 is 5.97 Å². The Hall–Kier alpha value is -3.42. The molecule has 0 fully saturated rings. The second kappa shape index (κ2) is 5.59. The maximum Gasteiger partial charge on any atom is 0.369 e. The maximum absolute atomic E-state index is 12.4. The molecule has 2 aromatic rings. The predicted octanol–water partition coefficient (Wildman–Crippen LogP) is 1.92. The molecule has 0 saturated heterocycles. The van der Waals surface area contributed by atoms with Gasteiger partial charge < -0.3 is 14.6 Å². The lowest BCUT2D eigenvalue weighted by molar-refractivity contribution is -0.116. The van der Waals surface area contributed by atoms with E-state index in [1.54, 1.807) is 12.1 Å². The van der Waals surface area contributed by atoms with Crippen LogP contribution in [0.1, 0.15) is 49.7 Å². The average Bonchev–Trinajstić information content (AvgIpc) is 3.03. The molecule has 126 valence electrons. The van der Waals surface area contributed by atoms with Crippen LogP contribution in [0.4, 0.5) is 5.69 Å². The van der Waals surface area contributed by atoms with Gasteiger partial charge in [0, 0.05) is 12.8 Å². The number of imide groups is 1. The number of anilines is 1. The Labute approximate surface area is 141 Å². The van der Waals surface area contributed by atoms with Crippen molar-refractivity contribution in [3.63, 3.8) is 0 Å². The monoisotopic (exact) mass is 340 g/mol. The number of carbonyl (C=O) groups is 4. The smallest absolute Gasteiger partial charge is 0.369 e. The Morgan fingerprint density at radius 3 is 2.44 bits per heavy atom. The topological polar surface area (TPSA) is 106 Å². The molecular formula is C17H12N2O6. The standard InChI is InChI=1S/C17H12N2O6/c20-13-7-3-6-12-14(18-13)11(8-24-12)17(23)25-19-15(21)9-4-1-2-5-10(9)16(19)22/h1-2,4-5,8H,3,6-7H2,(H,18,20). The molecule has 1 aromatic heterocycles. The minimum Gasteiger partial charge on any atom is -0.466 e. The van der Waals surface area contributed by atoms with Crippen LogP contribution in [0.15, 0.2) is 34.9 Å². The first-order valence-electron chi connectivity index (χ1n) is 7.66. The van der Waals surface area contributed by atoms with Crippen molar-refractivity contribution in [1.82, 2.24) is 5.06 Å². The van der Waals surface area contributed by atoms with Gasteiger partial charge in [0.05, 0.1) is 16.8 Å². The van der Waals surface area contributed by atoms with Gasteiger partial charge in [-0.15, -0.1) is 0 Å². The van der Waals surface area contributed by atoms with Crippen LogP contribution in [-0.4, -0.2) is 28.8 Å². The molecule has 8 nitrogen and oxygen atoms in total. The SMILES string of the molecule is O=C1CCCc2occ(C(=O)ON3C(=O)c4ccccc4C3=O)c2N1. The number of fused-ring (bicyclic) bond motifs is 2. The van der Waals surface area contributed by atoms with Crippen LogP contribution < -0.4 is 5.32 Å². The van der Waals surface area contributed by atoms with E-state index in [0.717, 1.165) is 6.26 Å². The Bertz CT molecular complexity index is 894. The van der Waals surface area contributed by atoms with Crippen molar-refractivity contribution in [1.29, 1.82) is 0 Å². The highest BCUT2D eigenvalue weighted by Crippen LogP contribution is 2.30.